The van der Waals surface area contributed by atoms with E-state index in [-0.39, 0.29) is 17.0 Å². The smallest absolute Gasteiger partial charge is 0.243 e. The van der Waals surface area contributed by atoms with Crippen molar-refractivity contribution in [2.75, 3.05) is 13.1 Å². The molecular formula is C11H15FN2O2S. The standard InChI is InChI=1S/C11H15FN2O2S/c12-11-4-3-10(7-9(11)8-13)17(15,16)14-5-1-2-6-14/h3-4,7H,1-2,5-6,8,13H2. The maximum absolute atomic E-state index is 13.2. The largest absolute Gasteiger partial charge is 0.326 e. The second-order valence-corrected chi connectivity index (χ2v) is 6.01. The first-order chi connectivity index (χ1) is 8.05. The van der Waals surface area contributed by atoms with Crippen LogP contribution >= 0.6 is 0 Å². The van der Waals surface area contributed by atoms with Crippen molar-refractivity contribution in [3.05, 3.63) is 29.6 Å². The van der Waals surface area contributed by atoms with Gasteiger partial charge in [0.15, 0.2) is 0 Å². The molecule has 2 rings (SSSR count). The van der Waals surface area contributed by atoms with Crippen molar-refractivity contribution in [3.8, 4) is 0 Å². The van der Waals surface area contributed by atoms with Crippen molar-refractivity contribution in [1.29, 1.82) is 0 Å². The van der Waals surface area contributed by atoms with Crippen molar-refractivity contribution in [2.45, 2.75) is 24.3 Å². The summed E-state index contributed by atoms with van der Waals surface area (Å²) in [6, 6.07) is 3.77. The molecule has 1 saturated heterocycles. The number of hydrogen-bond donors (Lipinski definition) is 1. The Morgan fingerprint density at radius 3 is 2.53 bits per heavy atom. The molecule has 0 amide bonds. The zero-order valence-corrected chi connectivity index (χ0v) is 10.2. The molecule has 0 atom stereocenters. The fraction of sp³-hybridized carbons (Fsp3) is 0.455. The van der Waals surface area contributed by atoms with E-state index in [2.05, 4.69) is 0 Å². The monoisotopic (exact) mass is 258 g/mol. The van der Waals surface area contributed by atoms with Gasteiger partial charge in [-0.2, -0.15) is 4.31 Å². The number of rotatable bonds is 3. The molecule has 17 heavy (non-hydrogen) atoms. The van der Waals surface area contributed by atoms with Gasteiger partial charge in [0.05, 0.1) is 4.90 Å². The maximum Gasteiger partial charge on any atom is 0.243 e. The Hall–Kier alpha value is -0.980. The molecule has 0 unspecified atom stereocenters. The molecule has 0 saturated carbocycles. The lowest BCUT2D eigenvalue weighted by atomic mass is 10.2. The second kappa shape index (κ2) is 4.72. The Labute approximate surface area is 100 Å². The fourth-order valence-electron chi connectivity index (χ4n) is 1.95. The maximum atomic E-state index is 13.2. The Morgan fingerprint density at radius 2 is 1.94 bits per heavy atom. The highest BCUT2D eigenvalue weighted by molar-refractivity contribution is 7.89. The number of sulfonamides is 1. The predicted octanol–water partition coefficient (Wildman–Crippen LogP) is 1.07. The fourth-order valence-corrected chi connectivity index (χ4v) is 3.51. The molecule has 1 aliphatic rings. The van der Waals surface area contributed by atoms with Gasteiger partial charge in [-0.05, 0) is 31.0 Å². The second-order valence-electron chi connectivity index (χ2n) is 4.07. The van der Waals surface area contributed by atoms with Crippen molar-refractivity contribution in [3.63, 3.8) is 0 Å². The van der Waals surface area contributed by atoms with Crippen LogP contribution in [0.5, 0.6) is 0 Å². The van der Waals surface area contributed by atoms with Gasteiger partial charge in [0.1, 0.15) is 5.82 Å². The average molecular weight is 258 g/mol. The summed E-state index contributed by atoms with van der Waals surface area (Å²) in [5.74, 6) is -0.465. The van der Waals surface area contributed by atoms with E-state index in [9.17, 15) is 12.8 Å². The molecule has 0 aliphatic carbocycles. The number of nitrogens with two attached hydrogens (primary N) is 1. The summed E-state index contributed by atoms with van der Waals surface area (Å²) < 4.78 is 39.0. The Morgan fingerprint density at radius 1 is 1.29 bits per heavy atom. The first kappa shape index (κ1) is 12.5. The van der Waals surface area contributed by atoms with Crippen LogP contribution in [0.2, 0.25) is 0 Å². The number of hydrogen-bond acceptors (Lipinski definition) is 3. The molecule has 6 heteroatoms. The summed E-state index contributed by atoms with van der Waals surface area (Å²) in [5, 5.41) is 0. The lowest BCUT2D eigenvalue weighted by Crippen LogP contribution is -2.28. The van der Waals surface area contributed by atoms with E-state index < -0.39 is 15.8 Å². The van der Waals surface area contributed by atoms with E-state index in [0.717, 1.165) is 18.9 Å². The molecule has 0 spiro atoms. The molecule has 0 aromatic heterocycles. The zero-order valence-electron chi connectivity index (χ0n) is 9.39. The minimum absolute atomic E-state index is 0.00477. The quantitative estimate of drug-likeness (QED) is 0.882. The van der Waals surface area contributed by atoms with E-state index in [1.54, 1.807) is 0 Å². The minimum Gasteiger partial charge on any atom is -0.326 e. The molecule has 1 aliphatic heterocycles. The van der Waals surface area contributed by atoms with Gasteiger partial charge in [0, 0.05) is 25.2 Å². The van der Waals surface area contributed by atoms with E-state index in [0.29, 0.717) is 13.1 Å². The highest BCUT2D eigenvalue weighted by atomic mass is 32.2. The third-order valence-corrected chi connectivity index (χ3v) is 4.83. The van der Waals surface area contributed by atoms with Crippen molar-refractivity contribution >= 4 is 10.0 Å². The molecule has 0 radical (unpaired) electrons. The van der Waals surface area contributed by atoms with Gasteiger partial charge in [-0.25, -0.2) is 12.8 Å². The number of halogens is 1. The lowest BCUT2D eigenvalue weighted by Gasteiger charge is -2.16. The molecule has 1 fully saturated rings. The third-order valence-electron chi connectivity index (χ3n) is 2.94. The summed E-state index contributed by atoms with van der Waals surface area (Å²) in [6.07, 6.45) is 1.76. The molecule has 94 valence electrons. The molecule has 0 bridgehead atoms. The third kappa shape index (κ3) is 2.34. The first-order valence-corrected chi connectivity index (χ1v) is 6.98. The van der Waals surface area contributed by atoms with Crippen LogP contribution in [0.15, 0.2) is 23.1 Å². The Balaban J connectivity index is 2.39. The molecular weight excluding hydrogens is 243 g/mol. The van der Waals surface area contributed by atoms with Crippen LogP contribution in [0, 0.1) is 5.82 Å². The van der Waals surface area contributed by atoms with Gasteiger partial charge in [0.25, 0.3) is 0 Å². The normalized spacial score (nSPS) is 17.5. The van der Waals surface area contributed by atoms with Crippen molar-refractivity contribution < 1.29 is 12.8 Å². The van der Waals surface area contributed by atoms with E-state index in [1.807, 2.05) is 0 Å². The van der Waals surface area contributed by atoms with E-state index >= 15 is 0 Å². The van der Waals surface area contributed by atoms with Crippen LogP contribution in [0.1, 0.15) is 18.4 Å². The molecule has 1 aromatic carbocycles. The van der Waals surface area contributed by atoms with Gasteiger partial charge < -0.3 is 5.73 Å². The van der Waals surface area contributed by atoms with E-state index in [1.165, 1.54) is 16.4 Å². The Kier molecular flexibility index (Phi) is 3.46. The van der Waals surface area contributed by atoms with Crippen LogP contribution < -0.4 is 5.73 Å². The SMILES string of the molecule is NCc1cc(S(=O)(=O)N2CCCC2)ccc1F. The summed E-state index contributed by atoms with van der Waals surface area (Å²) in [6.45, 7) is 1.07. The lowest BCUT2D eigenvalue weighted by molar-refractivity contribution is 0.477. The number of nitrogens with zero attached hydrogens (tertiary/aromatic N) is 1. The van der Waals surface area contributed by atoms with Gasteiger partial charge in [-0.3, -0.25) is 0 Å². The summed E-state index contributed by atoms with van der Waals surface area (Å²) in [5.41, 5.74) is 5.59. The molecule has 2 N–H and O–H groups in total. The first-order valence-electron chi connectivity index (χ1n) is 5.54. The van der Waals surface area contributed by atoms with Crippen LogP contribution in [0.3, 0.4) is 0 Å². The van der Waals surface area contributed by atoms with Gasteiger partial charge in [-0.15, -0.1) is 0 Å². The summed E-state index contributed by atoms with van der Waals surface area (Å²) in [7, 11) is -3.48. The van der Waals surface area contributed by atoms with E-state index in [4.69, 9.17) is 5.73 Å². The average Bonchev–Trinajstić information content (AvgIpc) is 2.83. The van der Waals surface area contributed by atoms with Crippen molar-refractivity contribution in [1.82, 2.24) is 4.31 Å². The molecule has 1 aromatic rings. The number of benzene rings is 1. The molecule has 4 nitrogen and oxygen atoms in total. The topological polar surface area (TPSA) is 63.4 Å². The van der Waals surface area contributed by atoms with Crippen LogP contribution in [-0.2, 0) is 16.6 Å². The van der Waals surface area contributed by atoms with Crippen LogP contribution in [0.25, 0.3) is 0 Å². The van der Waals surface area contributed by atoms with Gasteiger partial charge in [-0.1, -0.05) is 0 Å². The van der Waals surface area contributed by atoms with Crippen molar-refractivity contribution in [2.24, 2.45) is 5.73 Å². The van der Waals surface area contributed by atoms with Gasteiger partial charge in [0.2, 0.25) is 10.0 Å². The highest BCUT2D eigenvalue weighted by Crippen LogP contribution is 2.22. The van der Waals surface area contributed by atoms with Gasteiger partial charge >= 0.3 is 0 Å². The molecule has 1 heterocycles. The zero-order chi connectivity index (χ0) is 12.5. The summed E-state index contributed by atoms with van der Waals surface area (Å²) >= 11 is 0. The highest BCUT2D eigenvalue weighted by Gasteiger charge is 2.27. The van der Waals surface area contributed by atoms with Crippen LogP contribution in [-0.4, -0.2) is 25.8 Å². The minimum atomic E-state index is -3.48. The summed E-state index contributed by atoms with van der Waals surface area (Å²) in [4.78, 5) is 0.126. The van der Waals surface area contributed by atoms with Crippen LogP contribution in [0.4, 0.5) is 4.39 Å². The Bertz CT molecular complexity index is 510. The predicted molar refractivity (Wildman–Crippen MR) is 62.3 cm³/mol.